The number of amides is 1. The molecule has 2 N–H and O–H groups in total. The number of rotatable bonds is 6. The highest BCUT2D eigenvalue weighted by molar-refractivity contribution is 5.97. The van der Waals surface area contributed by atoms with Gasteiger partial charge in [0.15, 0.2) is 0 Å². The molecule has 2 aromatic rings. The summed E-state index contributed by atoms with van der Waals surface area (Å²) >= 11 is 0. The number of phenols is 1. The lowest BCUT2D eigenvalue weighted by Crippen LogP contribution is -2.23. The van der Waals surface area contributed by atoms with Gasteiger partial charge < -0.3 is 15.2 Å². The van der Waals surface area contributed by atoms with Gasteiger partial charge >= 0.3 is 0 Å². The number of carbonyl (C=O) groups is 1. The molecular weight excluding hydrogens is 316 g/mol. The van der Waals surface area contributed by atoms with Crippen LogP contribution in [0.25, 0.3) is 6.08 Å². The van der Waals surface area contributed by atoms with Crippen LogP contribution in [0.3, 0.4) is 0 Å². The molecule has 0 aliphatic heterocycles. The number of phenolic OH excluding ortho intramolecular Hbond substituents is 1. The van der Waals surface area contributed by atoms with Crippen LogP contribution in [0.5, 0.6) is 11.5 Å². The van der Waals surface area contributed by atoms with Gasteiger partial charge in [-0.3, -0.25) is 4.79 Å². The third-order valence-corrected chi connectivity index (χ3v) is 3.40. The summed E-state index contributed by atoms with van der Waals surface area (Å²) in [4.78, 5) is 12.1. The minimum Gasteiger partial charge on any atom is -0.508 e. The van der Waals surface area contributed by atoms with Crippen LogP contribution >= 0.6 is 0 Å². The molecule has 0 saturated heterocycles. The maximum Gasteiger partial charge on any atom is 0.262 e. The highest BCUT2D eigenvalue weighted by atomic mass is 16.5. The Morgan fingerprint density at radius 2 is 2.04 bits per heavy atom. The Labute approximate surface area is 146 Å². The van der Waals surface area contributed by atoms with Crippen LogP contribution in [0.1, 0.15) is 11.1 Å². The standard InChI is InChI=1S/C20H18N2O3/c1-25-19-7-3-5-16(12-19)14-22-20(24)17(13-21)6-2-4-15-8-10-18(23)11-9-15/h2-12,23H,14H2,1H3,(H,22,24)/b4-2+,17-6+. The predicted octanol–water partition coefficient (Wildman–Crippen LogP) is 3.18. The Balaban J connectivity index is 1.97. The smallest absolute Gasteiger partial charge is 0.262 e. The first-order valence-electron chi connectivity index (χ1n) is 7.61. The predicted molar refractivity (Wildman–Crippen MR) is 95.7 cm³/mol. The quantitative estimate of drug-likeness (QED) is 0.483. The number of allylic oxidation sites excluding steroid dienone is 2. The number of ether oxygens (including phenoxy) is 1. The van der Waals surface area contributed by atoms with Crippen LogP contribution in [0.4, 0.5) is 0 Å². The number of nitriles is 1. The Hall–Kier alpha value is -3.52. The molecule has 2 rings (SSSR count). The second-order valence-electron chi connectivity index (χ2n) is 5.18. The Morgan fingerprint density at radius 3 is 2.72 bits per heavy atom. The molecule has 0 aromatic heterocycles. The second kappa shape index (κ2) is 8.94. The van der Waals surface area contributed by atoms with Gasteiger partial charge in [0.05, 0.1) is 7.11 Å². The molecule has 5 nitrogen and oxygen atoms in total. The van der Waals surface area contributed by atoms with Gasteiger partial charge in [-0.1, -0.05) is 36.4 Å². The summed E-state index contributed by atoms with van der Waals surface area (Å²) in [7, 11) is 1.58. The summed E-state index contributed by atoms with van der Waals surface area (Å²) in [6.07, 6.45) is 4.82. The summed E-state index contributed by atoms with van der Waals surface area (Å²) in [5, 5.41) is 21.1. The Kier molecular flexibility index (Phi) is 6.38. The van der Waals surface area contributed by atoms with Crippen molar-refractivity contribution in [2.45, 2.75) is 6.54 Å². The molecule has 0 aliphatic carbocycles. The first-order valence-corrected chi connectivity index (χ1v) is 7.61. The van der Waals surface area contributed by atoms with Crippen molar-refractivity contribution in [1.29, 1.82) is 5.26 Å². The number of nitrogens with zero attached hydrogens (tertiary/aromatic N) is 1. The van der Waals surface area contributed by atoms with Gasteiger partial charge in [-0.05, 0) is 41.5 Å². The SMILES string of the molecule is COc1cccc(CNC(=O)/C(C#N)=C/C=C/c2ccc(O)cc2)c1. The molecule has 25 heavy (non-hydrogen) atoms. The lowest BCUT2D eigenvalue weighted by atomic mass is 10.1. The third kappa shape index (κ3) is 5.56. The highest BCUT2D eigenvalue weighted by Gasteiger charge is 2.07. The molecule has 0 aliphatic rings. The van der Waals surface area contributed by atoms with Crippen LogP contribution in [0.15, 0.2) is 66.3 Å². The fraction of sp³-hybridized carbons (Fsp3) is 0.100. The van der Waals surface area contributed by atoms with E-state index < -0.39 is 5.91 Å². The topological polar surface area (TPSA) is 82.3 Å². The normalized spacial score (nSPS) is 11.1. The van der Waals surface area contributed by atoms with E-state index in [0.717, 1.165) is 11.1 Å². The highest BCUT2D eigenvalue weighted by Crippen LogP contribution is 2.13. The van der Waals surface area contributed by atoms with Crippen LogP contribution in [-0.4, -0.2) is 18.1 Å². The average Bonchev–Trinajstić information content (AvgIpc) is 2.65. The number of nitrogens with one attached hydrogen (secondary N) is 1. The summed E-state index contributed by atoms with van der Waals surface area (Å²) in [5.41, 5.74) is 1.74. The largest absolute Gasteiger partial charge is 0.508 e. The van der Waals surface area contributed by atoms with E-state index in [0.29, 0.717) is 12.3 Å². The van der Waals surface area contributed by atoms with Crippen LogP contribution < -0.4 is 10.1 Å². The number of hydrogen-bond acceptors (Lipinski definition) is 4. The number of aromatic hydroxyl groups is 1. The first-order chi connectivity index (χ1) is 12.1. The Bertz CT molecular complexity index is 831. The van der Waals surface area contributed by atoms with Crippen LogP contribution in [0, 0.1) is 11.3 Å². The van der Waals surface area contributed by atoms with Gasteiger partial charge in [0.2, 0.25) is 0 Å². The molecule has 0 unspecified atom stereocenters. The van der Waals surface area contributed by atoms with Gasteiger partial charge in [-0.2, -0.15) is 5.26 Å². The third-order valence-electron chi connectivity index (χ3n) is 3.40. The van der Waals surface area contributed by atoms with E-state index in [4.69, 9.17) is 10.00 Å². The van der Waals surface area contributed by atoms with E-state index in [1.807, 2.05) is 30.3 Å². The van der Waals surface area contributed by atoms with Gasteiger partial charge in [0.1, 0.15) is 23.1 Å². The van der Waals surface area contributed by atoms with E-state index >= 15 is 0 Å². The zero-order chi connectivity index (χ0) is 18.1. The number of methoxy groups -OCH3 is 1. The Morgan fingerprint density at radius 1 is 1.28 bits per heavy atom. The minimum atomic E-state index is -0.444. The second-order valence-corrected chi connectivity index (χ2v) is 5.18. The van der Waals surface area contributed by atoms with E-state index in [1.54, 1.807) is 43.5 Å². The molecule has 5 heteroatoms. The van der Waals surface area contributed by atoms with Gasteiger partial charge in [0, 0.05) is 6.54 Å². The van der Waals surface area contributed by atoms with Crippen molar-refractivity contribution in [1.82, 2.24) is 5.32 Å². The van der Waals surface area contributed by atoms with Crippen molar-refractivity contribution in [2.75, 3.05) is 7.11 Å². The maximum absolute atomic E-state index is 12.1. The van der Waals surface area contributed by atoms with Crippen molar-refractivity contribution < 1.29 is 14.6 Å². The van der Waals surface area contributed by atoms with Crippen LogP contribution in [-0.2, 0) is 11.3 Å². The lowest BCUT2D eigenvalue weighted by molar-refractivity contribution is -0.117. The summed E-state index contributed by atoms with van der Waals surface area (Å²) in [6, 6.07) is 15.8. The molecule has 0 bridgehead atoms. The molecule has 0 heterocycles. The first kappa shape index (κ1) is 17.8. The number of carbonyl (C=O) groups excluding carboxylic acids is 1. The van der Waals surface area contributed by atoms with Gasteiger partial charge in [-0.25, -0.2) is 0 Å². The summed E-state index contributed by atoms with van der Waals surface area (Å²) in [5.74, 6) is 0.447. The van der Waals surface area contributed by atoms with E-state index in [-0.39, 0.29) is 11.3 Å². The zero-order valence-electron chi connectivity index (χ0n) is 13.8. The van der Waals surface area contributed by atoms with Gasteiger partial charge in [0.25, 0.3) is 5.91 Å². The summed E-state index contributed by atoms with van der Waals surface area (Å²) in [6.45, 7) is 0.302. The van der Waals surface area contributed by atoms with E-state index in [9.17, 15) is 9.90 Å². The molecule has 0 radical (unpaired) electrons. The average molecular weight is 334 g/mol. The van der Waals surface area contributed by atoms with Crippen molar-refractivity contribution in [2.24, 2.45) is 0 Å². The molecule has 0 atom stereocenters. The lowest BCUT2D eigenvalue weighted by Gasteiger charge is -2.06. The monoisotopic (exact) mass is 334 g/mol. The fourth-order valence-electron chi connectivity index (χ4n) is 2.06. The molecule has 1 amide bonds. The van der Waals surface area contributed by atoms with Crippen molar-refractivity contribution >= 4 is 12.0 Å². The molecule has 126 valence electrons. The van der Waals surface area contributed by atoms with E-state index in [2.05, 4.69) is 5.32 Å². The number of hydrogen-bond donors (Lipinski definition) is 2. The molecule has 0 spiro atoms. The minimum absolute atomic E-state index is 0.0120. The summed E-state index contributed by atoms with van der Waals surface area (Å²) < 4.78 is 5.13. The maximum atomic E-state index is 12.1. The van der Waals surface area contributed by atoms with Crippen molar-refractivity contribution in [3.8, 4) is 17.6 Å². The molecular formula is C20H18N2O3. The van der Waals surface area contributed by atoms with Crippen molar-refractivity contribution in [3.05, 3.63) is 77.4 Å². The molecule has 0 saturated carbocycles. The number of benzene rings is 2. The molecule has 0 fully saturated rings. The zero-order valence-corrected chi connectivity index (χ0v) is 13.8. The van der Waals surface area contributed by atoms with Crippen LogP contribution in [0.2, 0.25) is 0 Å². The van der Waals surface area contributed by atoms with Gasteiger partial charge in [-0.15, -0.1) is 0 Å². The fourth-order valence-corrected chi connectivity index (χ4v) is 2.06. The molecule has 2 aromatic carbocycles. The van der Waals surface area contributed by atoms with E-state index in [1.165, 1.54) is 6.08 Å². The van der Waals surface area contributed by atoms with Crippen molar-refractivity contribution in [3.63, 3.8) is 0 Å².